The van der Waals surface area contributed by atoms with Gasteiger partial charge in [-0.1, -0.05) is 70.7 Å². The van der Waals surface area contributed by atoms with Crippen LogP contribution in [0, 0.1) is 35.5 Å². The molecule has 1 aromatic rings. The number of benzene rings is 1. The highest BCUT2D eigenvalue weighted by Gasteiger charge is 2.28. The van der Waals surface area contributed by atoms with Gasteiger partial charge in [0.05, 0.1) is 0 Å². The maximum absolute atomic E-state index is 9.19. The van der Waals surface area contributed by atoms with Crippen LogP contribution in [0.4, 0.5) is 0 Å². The molecule has 2 atom stereocenters. The van der Waals surface area contributed by atoms with E-state index in [-0.39, 0.29) is 0 Å². The van der Waals surface area contributed by atoms with Gasteiger partial charge in [-0.05, 0) is 105 Å². The van der Waals surface area contributed by atoms with Crippen molar-refractivity contribution in [2.24, 2.45) is 35.5 Å². The molecule has 0 spiro atoms. The summed E-state index contributed by atoms with van der Waals surface area (Å²) >= 11 is 0. The molecule has 2 unspecified atom stereocenters. The summed E-state index contributed by atoms with van der Waals surface area (Å²) in [4.78, 5) is 0. The van der Waals surface area contributed by atoms with Crippen molar-refractivity contribution in [3.8, 4) is 5.75 Å². The van der Waals surface area contributed by atoms with E-state index < -0.39 is 0 Å². The number of phenols is 1. The lowest BCUT2D eigenvalue weighted by atomic mass is 9.70. The molecular formula is C29H46O. The Morgan fingerprint density at radius 3 is 1.67 bits per heavy atom. The first kappa shape index (κ1) is 23.4. The minimum Gasteiger partial charge on any atom is -0.508 e. The summed E-state index contributed by atoms with van der Waals surface area (Å²) in [5, 5.41) is 9.19. The molecule has 0 aromatic heterocycles. The van der Waals surface area contributed by atoms with Crippen LogP contribution in [0.3, 0.4) is 0 Å². The molecule has 168 valence electrons. The highest BCUT2D eigenvalue weighted by atomic mass is 16.3. The maximum atomic E-state index is 9.19. The quantitative estimate of drug-likeness (QED) is 0.493. The van der Waals surface area contributed by atoms with Crippen molar-refractivity contribution in [1.29, 1.82) is 0 Å². The Hall–Kier alpha value is -1.24. The molecule has 30 heavy (non-hydrogen) atoms. The lowest BCUT2D eigenvalue weighted by Gasteiger charge is -2.36. The van der Waals surface area contributed by atoms with Gasteiger partial charge in [0.15, 0.2) is 0 Å². The van der Waals surface area contributed by atoms with Gasteiger partial charge >= 0.3 is 0 Å². The van der Waals surface area contributed by atoms with Gasteiger partial charge in [0.2, 0.25) is 0 Å². The second-order valence-corrected chi connectivity index (χ2v) is 10.9. The van der Waals surface area contributed by atoms with E-state index in [9.17, 15) is 5.11 Å². The maximum Gasteiger partial charge on any atom is 0.115 e. The van der Waals surface area contributed by atoms with Crippen LogP contribution in [-0.4, -0.2) is 5.11 Å². The van der Waals surface area contributed by atoms with Crippen LogP contribution in [-0.2, 0) is 6.42 Å². The largest absolute Gasteiger partial charge is 0.508 e. The average molecular weight is 411 g/mol. The highest BCUT2D eigenvalue weighted by molar-refractivity contribution is 5.26. The zero-order valence-corrected chi connectivity index (χ0v) is 19.9. The van der Waals surface area contributed by atoms with Crippen LogP contribution >= 0.6 is 0 Å². The Labute approximate surface area is 186 Å². The number of aromatic hydroxyl groups is 1. The van der Waals surface area contributed by atoms with Gasteiger partial charge in [-0.25, -0.2) is 0 Å². The SMILES string of the molecule is CC1C=CC(CCc2ccc(O)cc2)CC1.CC1CCC(C2CCC(C)CC2)CC1. The molecule has 1 aromatic carbocycles. The molecule has 1 nitrogen and oxygen atoms in total. The van der Waals surface area contributed by atoms with Crippen LogP contribution in [0.15, 0.2) is 36.4 Å². The van der Waals surface area contributed by atoms with Crippen LogP contribution in [0.25, 0.3) is 0 Å². The molecule has 0 bridgehead atoms. The van der Waals surface area contributed by atoms with Gasteiger partial charge in [0, 0.05) is 0 Å². The minimum atomic E-state index is 0.357. The van der Waals surface area contributed by atoms with Crippen LogP contribution in [0.1, 0.15) is 97.0 Å². The van der Waals surface area contributed by atoms with Gasteiger partial charge in [-0.15, -0.1) is 0 Å². The Kier molecular flexibility index (Phi) is 9.34. The topological polar surface area (TPSA) is 20.2 Å². The van der Waals surface area contributed by atoms with Crippen LogP contribution in [0.5, 0.6) is 5.75 Å². The van der Waals surface area contributed by atoms with Gasteiger partial charge in [0.25, 0.3) is 0 Å². The van der Waals surface area contributed by atoms with Crippen molar-refractivity contribution in [3.05, 3.63) is 42.0 Å². The van der Waals surface area contributed by atoms with Crippen molar-refractivity contribution in [2.75, 3.05) is 0 Å². The molecule has 2 saturated carbocycles. The smallest absolute Gasteiger partial charge is 0.115 e. The normalized spacial score (nSPS) is 34.1. The zero-order chi connectivity index (χ0) is 21.3. The van der Waals surface area contributed by atoms with Gasteiger partial charge in [-0.2, -0.15) is 0 Å². The van der Waals surface area contributed by atoms with E-state index in [1.807, 2.05) is 12.1 Å². The predicted molar refractivity (Wildman–Crippen MR) is 130 cm³/mol. The molecule has 3 aliphatic rings. The Balaban J connectivity index is 0.000000172. The summed E-state index contributed by atoms with van der Waals surface area (Å²) in [7, 11) is 0. The fourth-order valence-electron chi connectivity index (χ4n) is 5.79. The number of phenolic OH excluding ortho intramolecular Hbond substituents is 1. The van der Waals surface area contributed by atoms with Crippen molar-refractivity contribution < 1.29 is 5.11 Å². The second-order valence-electron chi connectivity index (χ2n) is 10.9. The molecule has 0 amide bonds. The fraction of sp³-hybridized carbons (Fsp3) is 0.724. The number of rotatable bonds is 4. The second kappa shape index (κ2) is 12.0. The Bertz CT molecular complexity index is 594. The van der Waals surface area contributed by atoms with Crippen LogP contribution in [0.2, 0.25) is 0 Å². The third kappa shape index (κ3) is 7.78. The summed E-state index contributed by atoms with van der Waals surface area (Å²) < 4.78 is 0. The Morgan fingerprint density at radius 1 is 0.667 bits per heavy atom. The lowest BCUT2D eigenvalue weighted by molar-refractivity contribution is 0.155. The summed E-state index contributed by atoms with van der Waals surface area (Å²) in [6, 6.07) is 7.58. The molecule has 0 aliphatic heterocycles. The van der Waals surface area contributed by atoms with Gasteiger partial charge < -0.3 is 5.11 Å². The highest BCUT2D eigenvalue weighted by Crippen LogP contribution is 2.41. The molecule has 3 aliphatic carbocycles. The minimum absolute atomic E-state index is 0.357. The third-order valence-electron chi connectivity index (χ3n) is 8.23. The monoisotopic (exact) mass is 410 g/mol. The fourth-order valence-corrected chi connectivity index (χ4v) is 5.79. The first-order chi connectivity index (χ1) is 14.5. The molecule has 2 fully saturated rings. The number of hydrogen-bond donors (Lipinski definition) is 1. The van der Waals surface area contributed by atoms with E-state index in [2.05, 4.69) is 32.9 Å². The number of aryl methyl sites for hydroxylation is 1. The first-order valence-corrected chi connectivity index (χ1v) is 13.0. The van der Waals surface area contributed by atoms with E-state index in [0.717, 1.165) is 41.9 Å². The molecule has 1 N–H and O–H groups in total. The third-order valence-corrected chi connectivity index (χ3v) is 8.23. The summed E-state index contributed by atoms with van der Waals surface area (Å²) in [5.74, 6) is 6.14. The average Bonchev–Trinajstić information content (AvgIpc) is 2.76. The van der Waals surface area contributed by atoms with Gasteiger partial charge in [0.1, 0.15) is 5.75 Å². The van der Waals surface area contributed by atoms with Crippen molar-refractivity contribution >= 4 is 0 Å². The summed E-state index contributed by atoms with van der Waals surface area (Å²) in [5.41, 5.74) is 1.32. The first-order valence-electron chi connectivity index (χ1n) is 13.0. The summed E-state index contributed by atoms with van der Waals surface area (Å²) in [6.07, 6.45) is 21.9. The molecule has 4 rings (SSSR count). The molecule has 0 radical (unpaired) electrons. The number of allylic oxidation sites excluding steroid dienone is 2. The number of hydrogen-bond acceptors (Lipinski definition) is 1. The molecule has 0 heterocycles. The van der Waals surface area contributed by atoms with E-state index in [1.165, 1.54) is 50.5 Å². The lowest BCUT2D eigenvalue weighted by Crippen LogP contribution is -2.24. The standard InChI is InChI=1S/C15H20O.C14H26/c1-12-2-4-13(5-3-12)6-7-14-8-10-15(16)11-9-14;1-11-3-7-13(8-4-11)14-9-5-12(2)6-10-14/h2,4,8-13,16H,3,5-7H2,1H3;11-14H,3-10H2,1-2H3. The van der Waals surface area contributed by atoms with Crippen molar-refractivity contribution in [2.45, 2.75) is 97.8 Å². The van der Waals surface area contributed by atoms with Gasteiger partial charge in [-0.3, -0.25) is 0 Å². The van der Waals surface area contributed by atoms with E-state index >= 15 is 0 Å². The van der Waals surface area contributed by atoms with Crippen molar-refractivity contribution in [3.63, 3.8) is 0 Å². The van der Waals surface area contributed by atoms with Crippen LogP contribution < -0.4 is 0 Å². The zero-order valence-electron chi connectivity index (χ0n) is 19.9. The molecule has 0 saturated heterocycles. The van der Waals surface area contributed by atoms with E-state index in [4.69, 9.17) is 0 Å². The Morgan fingerprint density at radius 2 is 1.20 bits per heavy atom. The van der Waals surface area contributed by atoms with E-state index in [1.54, 1.807) is 37.8 Å². The molecular weight excluding hydrogens is 364 g/mol. The molecule has 1 heteroatoms. The summed E-state index contributed by atoms with van der Waals surface area (Å²) in [6.45, 7) is 7.14. The predicted octanol–water partition coefficient (Wildman–Crippen LogP) is 8.57. The van der Waals surface area contributed by atoms with E-state index in [0.29, 0.717) is 5.75 Å². The van der Waals surface area contributed by atoms with Crippen molar-refractivity contribution in [1.82, 2.24) is 0 Å².